The first-order chi connectivity index (χ1) is 8.04. The predicted octanol–water partition coefficient (Wildman–Crippen LogP) is 1.83. The lowest BCUT2D eigenvalue weighted by molar-refractivity contribution is -0.123. The van der Waals surface area contributed by atoms with Gasteiger partial charge >= 0.3 is 0 Å². The molecule has 0 saturated heterocycles. The number of amides is 1. The number of carbonyl (C=O) groups excluding carboxylic acids is 1. The lowest BCUT2D eigenvalue weighted by Gasteiger charge is -2.25. The molecule has 1 heterocycles. The van der Waals surface area contributed by atoms with Crippen LogP contribution in [0.2, 0.25) is 0 Å². The molecular formula is C11H17BrN2O2S. The number of primary amides is 1. The normalized spacial score (nSPS) is 12.9. The highest BCUT2D eigenvalue weighted by atomic mass is 79.9. The number of hydrogen-bond donors (Lipinski definition) is 1. The molecule has 96 valence electrons. The zero-order chi connectivity index (χ0) is 12.8. The number of methoxy groups -OCH3 is 1. The first kappa shape index (κ1) is 14.6. The molecule has 1 aromatic rings. The molecule has 0 aliphatic heterocycles. The summed E-state index contributed by atoms with van der Waals surface area (Å²) in [6, 6.07) is 3.76. The minimum Gasteiger partial charge on any atom is -0.383 e. The molecule has 0 aromatic carbocycles. The fourth-order valence-corrected chi connectivity index (χ4v) is 2.94. The van der Waals surface area contributed by atoms with Gasteiger partial charge in [0, 0.05) is 25.1 Å². The summed E-state index contributed by atoms with van der Waals surface area (Å²) in [4.78, 5) is 14.4. The molecule has 0 bridgehead atoms. The first-order valence-corrected chi connectivity index (χ1v) is 6.92. The average Bonchev–Trinajstić information content (AvgIpc) is 2.69. The van der Waals surface area contributed by atoms with Crippen molar-refractivity contribution >= 4 is 33.2 Å². The van der Waals surface area contributed by atoms with Crippen LogP contribution < -0.4 is 5.73 Å². The maximum Gasteiger partial charge on any atom is 0.234 e. The third kappa shape index (κ3) is 4.75. The van der Waals surface area contributed by atoms with Gasteiger partial charge in [-0.25, -0.2) is 0 Å². The van der Waals surface area contributed by atoms with Crippen molar-refractivity contribution in [3.63, 3.8) is 0 Å². The Labute approximate surface area is 114 Å². The number of carbonyl (C=O) groups is 1. The molecule has 17 heavy (non-hydrogen) atoms. The van der Waals surface area contributed by atoms with E-state index in [2.05, 4.69) is 15.9 Å². The van der Waals surface area contributed by atoms with Gasteiger partial charge in [0.05, 0.1) is 16.4 Å². The van der Waals surface area contributed by atoms with E-state index in [1.54, 1.807) is 18.4 Å². The van der Waals surface area contributed by atoms with Gasteiger partial charge in [0.1, 0.15) is 0 Å². The summed E-state index contributed by atoms with van der Waals surface area (Å²) in [5.41, 5.74) is 5.34. The Kier molecular flexibility index (Phi) is 6.11. The minimum atomic E-state index is -0.309. The first-order valence-electron chi connectivity index (χ1n) is 5.31. The second kappa shape index (κ2) is 7.10. The van der Waals surface area contributed by atoms with Crippen LogP contribution in [0.3, 0.4) is 0 Å². The van der Waals surface area contributed by atoms with Crippen LogP contribution in [0.15, 0.2) is 15.9 Å². The Morgan fingerprint density at radius 2 is 2.35 bits per heavy atom. The molecule has 1 amide bonds. The minimum absolute atomic E-state index is 0.286. The molecule has 1 unspecified atom stereocenters. The van der Waals surface area contributed by atoms with Crippen molar-refractivity contribution in [1.82, 2.24) is 4.90 Å². The molecule has 0 radical (unpaired) electrons. The Morgan fingerprint density at radius 3 is 2.82 bits per heavy atom. The van der Waals surface area contributed by atoms with Crippen molar-refractivity contribution in [3.8, 4) is 0 Å². The number of halogens is 1. The van der Waals surface area contributed by atoms with E-state index in [-0.39, 0.29) is 11.9 Å². The average molecular weight is 321 g/mol. The highest BCUT2D eigenvalue weighted by Gasteiger charge is 2.19. The van der Waals surface area contributed by atoms with Crippen LogP contribution in [-0.4, -0.2) is 37.1 Å². The number of ether oxygens (including phenoxy) is 1. The summed E-state index contributed by atoms with van der Waals surface area (Å²) in [7, 11) is 1.65. The summed E-state index contributed by atoms with van der Waals surface area (Å²) in [6.07, 6.45) is 0. The topological polar surface area (TPSA) is 55.6 Å². The van der Waals surface area contributed by atoms with E-state index >= 15 is 0 Å². The standard InChI is InChI=1S/C11H17BrN2O2S/c1-8(11(13)15)14(5-6-16-2)7-9-3-4-10(12)17-9/h3-4,8H,5-7H2,1-2H3,(H2,13,15). The van der Waals surface area contributed by atoms with Crippen molar-refractivity contribution in [1.29, 1.82) is 0 Å². The Balaban J connectivity index is 2.65. The zero-order valence-corrected chi connectivity index (χ0v) is 12.4. The van der Waals surface area contributed by atoms with E-state index in [9.17, 15) is 4.79 Å². The smallest absolute Gasteiger partial charge is 0.234 e. The van der Waals surface area contributed by atoms with Gasteiger partial charge in [-0.1, -0.05) is 0 Å². The summed E-state index contributed by atoms with van der Waals surface area (Å²) < 4.78 is 6.13. The molecule has 1 aromatic heterocycles. The van der Waals surface area contributed by atoms with Gasteiger partial charge in [-0.3, -0.25) is 9.69 Å². The number of hydrogen-bond acceptors (Lipinski definition) is 4. The third-order valence-corrected chi connectivity index (χ3v) is 4.14. The molecule has 2 N–H and O–H groups in total. The third-order valence-electron chi connectivity index (χ3n) is 2.53. The van der Waals surface area contributed by atoms with Crippen molar-refractivity contribution in [2.24, 2.45) is 5.73 Å². The van der Waals surface area contributed by atoms with Gasteiger partial charge in [0.15, 0.2) is 0 Å². The number of thiophene rings is 1. The largest absolute Gasteiger partial charge is 0.383 e. The van der Waals surface area contributed by atoms with Crippen LogP contribution >= 0.6 is 27.3 Å². The molecule has 6 heteroatoms. The number of nitrogens with zero attached hydrogens (tertiary/aromatic N) is 1. The SMILES string of the molecule is COCCN(Cc1ccc(Br)s1)C(C)C(N)=O. The van der Waals surface area contributed by atoms with Gasteiger partial charge in [-0.05, 0) is 35.0 Å². The number of rotatable bonds is 7. The summed E-state index contributed by atoms with van der Waals surface area (Å²) in [5.74, 6) is -0.309. The van der Waals surface area contributed by atoms with Crippen molar-refractivity contribution in [2.75, 3.05) is 20.3 Å². The van der Waals surface area contributed by atoms with Crippen LogP contribution in [-0.2, 0) is 16.1 Å². The van der Waals surface area contributed by atoms with Crippen LogP contribution in [0.5, 0.6) is 0 Å². The zero-order valence-electron chi connectivity index (χ0n) is 9.98. The van der Waals surface area contributed by atoms with Crippen LogP contribution in [0, 0.1) is 0 Å². The van der Waals surface area contributed by atoms with Crippen molar-refractivity contribution < 1.29 is 9.53 Å². The Morgan fingerprint density at radius 1 is 1.65 bits per heavy atom. The second-order valence-corrected chi connectivity index (χ2v) is 6.30. The molecule has 0 spiro atoms. The Hall–Kier alpha value is -0.430. The number of nitrogens with two attached hydrogens (primary N) is 1. The van der Waals surface area contributed by atoms with Gasteiger partial charge in [-0.15, -0.1) is 11.3 Å². The lowest BCUT2D eigenvalue weighted by atomic mass is 10.2. The Bertz CT molecular complexity index is 370. The summed E-state index contributed by atoms with van der Waals surface area (Å²) in [6.45, 7) is 3.81. The summed E-state index contributed by atoms with van der Waals surface area (Å²) >= 11 is 5.09. The van der Waals surface area contributed by atoms with Gasteiger partial charge in [-0.2, -0.15) is 0 Å². The highest BCUT2D eigenvalue weighted by molar-refractivity contribution is 9.11. The molecule has 0 aliphatic rings. The molecule has 1 atom stereocenters. The van der Waals surface area contributed by atoms with E-state index in [0.717, 1.165) is 3.79 Å². The van der Waals surface area contributed by atoms with Crippen molar-refractivity contribution in [3.05, 3.63) is 20.8 Å². The van der Waals surface area contributed by atoms with E-state index in [1.807, 2.05) is 24.0 Å². The molecular weight excluding hydrogens is 304 g/mol. The fourth-order valence-electron chi connectivity index (χ4n) is 1.44. The maximum atomic E-state index is 11.2. The monoisotopic (exact) mass is 320 g/mol. The molecule has 0 fully saturated rings. The van der Waals surface area contributed by atoms with E-state index < -0.39 is 0 Å². The quantitative estimate of drug-likeness (QED) is 0.834. The van der Waals surface area contributed by atoms with Gasteiger partial charge in [0.2, 0.25) is 5.91 Å². The molecule has 4 nitrogen and oxygen atoms in total. The predicted molar refractivity (Wildman–Crippen MR) is 73.0 cm³/mol. The van der Waals surface area contributed by atoms with Crippen LogP contribution in [0.1, 0.15) is 11.8 Å². The second-order valence-electron chi connectivity index (χ2n) is 3.75. The lowest BCUT2D eigenvalue weighted by Crippen LogP contribution is -2.43. The van der Waals surface area contributed by atoms with Crippen LogP contribution in [0.25, 0.3) is 0 Å². The van der Waals surface area contributed by atoms with E-state index in [0.29, 0.717) is 19.7 Å². The molecule has 0 saturated carbocycles. The molecule has 1 rings (SSSR count). The van der Waals surface area contributed by atoms with Gasteiger partial charge < -0.3 is 10.5 Å². The van der Waals surface area contributed by atoms with Gasteiger partial charge in [0.25, 0.3) is 0 Å². The summed E-state index contributed by atoms with van der Waals surface area (Å²) in [5, 5.41) is 0. The maximum absolute atomic E-state index is 11.2. The fraction of sp³-hybridized carbons (Fsp3) is 0.545. The van der Waals surface area contributed by atoms with E-state index in [1.165, 1.54) is 4.88 Å². The highest BCUT2D eigenvalue weighted by Crippen LogP contribution is 2.23. The van der Waals surface area contributed by atoms with Crippen LogP contribution in [0.4, 0.5) is 0 Å². The van der Waals surface area contributed by atoms with Crippen molar-refractivity contribution in [2.45, 2.75) is 19.5 Å². The molecule has 0 aliphatic carbocycles. The van der Waals surface area contributed by atoms with E-state index in [4.69, 9.17) is 10.5 Å².